The number of halogens is 1. The molecular weight excluding hydrogens is 308 g/mol. The van der Waals surface area contributed by atoms with Crippen LogP contribution >= 0.6 is 15.9 Å². The molecule has 0 amide bonds. The van der Waals surface area contributed by atoms with Gasteiger partial charge in [-0.3, -0.25) is 0 Å². The Kier molecular flexibility index (Phi) is 3.76. The summed E-state index contributed by atoms with van der Waals surface area (Å²) in [6.07, 6.45) is 0. The summed E-state index contributed by atoms with van der Waals surface area (Å²) in [5.74, 6) is -0.976. The van der Waals surface area contributed by atoms with E-state index in [1.807, 2.05) is 25.1 Å². The molecule has 0 heterocycles. The maximum atomic E-state index is 11.0. The number of rotatable bonds is 3. The lowest BCUT2D eigenvalue weighted by Crippen LogP contribution is -2.02. The van der Waals surface area contributed by atoms with E-state index in [0.29, 0.717) is 11.4 Å². The van der Waals surface area contributed by atoms with Gasteiger partial charge in [-0.15, -0.1) is 0 Å². The highest BCUT2D eigenvalue weighted by Gasteiger charge is 2.08. The van der Waals surface area contributed by atoms with Gasteiger partial charge in [0.05, 0.1) is 16.9 Å². The highest BCUT2D eigenvalue weighted by atomic mass is 79.9. The number of nitrogens with one attached hydrogen (secondary N) is 1. The van der Waals surface area contributed by atoms with Crippen molar-refractivity contribution >= 4 is 39.0 Å². The second-order valence-electron chi connectivity index (χ2n) is 4.19. The summed E-state index contributed by atoms with van der Waals surface area (Å²) in [7, 11) is 0. The normalized spacial score (nSPS) is 10.2. The van der Waals surface area contributed by atoms with Crippen molar-refractivity contribution in [2.45, 2.75) is 6.92 Å². The largest absolute Gasteiger partial charge is 0.478 e. The van der Waals surface area contributed by atoms with Gasteiger partial charge in [0.1, 0.15) is 0 Å². The van der Waals surface area contributed by atoms with E-state index in [9.17, 15) is 4.79 Å². The molecule has 0 radical (unpaired) electrons. The molecule has 2 aromatic carbocycles. The van der Waals surface area contributed by atoms with Gasteiger partial charge in [0, 0.05) is 10.2 Å². The Morgan fingerprint density at radius 1 is 1.21 bits per heavy atom. The molecule has 5 heteroatoms. The van der Waals surface area contributed by atoms with Crippen molar-refractivity contribution in [1.29, 1.82) is 0 Å². The van der Waals surface area contributed by atoms with E-state index >= 15 is 0 Å². The van der Waals surface area contributed by atoms with Crippen LogP contribution in [0.15, 0.2) is 40.9 Å². The Balaban J connectivity index is 2.37. The smallest absolute Gasteiger partial charge is 0.335 e. The summed E-state index contributed by atoms with van der Waals surface area (Å²) in [6, 6.07) is 10.4. The van der Waals surface area contributed by atoms with E-state index in [-0.39, 0.29) is 5.56 Å². The van der Waals surface area contributed by atoms with Gasteiger partial charge in [-0.05, 0) is 48.9 Å². The van der Waals surface area contributed by atoms with E-state index < -0.39 is 5.97 Å². The van der Waals surface area contributed by atoms with Crippen LogP contribution in [0.4, 0.5) is 17.1 Å². The Bertz CT molecular complexity index is 641. The first-order chi connectivity index (χ1) is 8.97. The van der Waals surface area contributed by atoms with Crippen LogP contribution in [0.3, 0.4) is 0 Å². The topological polar surface area (TPSA) is 75.3 Å². The molecule has 0 saturated heterocycles. The van der Waals surface area contributed by atoms with Crippen LogP contribution in [0.1, 0.15) is 15.9 Å². The Morgan fingerprint density at radius 3 is 2.58 bits per heavy atom. The number of carboxylic acid groups (broad SMARTS) is 1. The number of anilines is 3. The zero-order valence-electron chi connectivity index (χ0n) is 10.3. The molecule has 98 valence electrons. The molecule has 0 aromatic heterocycles. The first-order valence-corrected chi connectivity index (χ1v) is 6.42. The molecule has 0 aliphatic heterocycles. The average Bonchev–Trinajstić information content (AvgIpc) is 2.34. The Labute approximate surface area is 119 Å². The maximum Gasteiger partial charge on any atom is 0.335 e. The number of benzene rings is 2. The second-order valence-corrected chi connectivity index (χ2v) is 5.11. The molecule has 19 heavy (non-hydrogen) atoms. The number of carboxylic acids is 1. The molecule has 0 aliphatic rings. The van der Waals surface area contributed by atoms with Gasteiger partial charge in [-0.2, -0.15) is 0 Å². The maximum absolute atomic E-state index is 11.0. The lowest BCUT2D eigenvalue weighted by Gasteiger charge is -2.12. The van der Waals surface area contributed by atoms with Gasteiger partial charge in [0.2, 0.25) is 0 Å². The van der Waals surface area contributed by atoms with E-state index in [4.69, 9.17) is 10.8 Å². The third-order valence-electron chi connectivity index (χ3n) is 2.76. The van der Waals surface area contributed by atoms with Gasteiger partial charge in [0.25, 0.3) is 0 Å². The van der Waals surface area contributed by atoms with Crippen LogP contribution in [0.2, 0.25) is 0 Å². The summed E-state index contributed by atoms with van der Waals surface area (Å²) >= 11 is 3.40. The predicted molar refractivity (Wildman–Crippen MR) is 80.0 cm³/mol. The summed E-state index contributed by atoms with van der Waals surface area (Å²) in [5, 5.41) is 12.1. The molecule has 0 atom stereocenters. The van der Waals surface area contributed by atoms with Crippen LogP contribution in [0.25, 0.3) is 0 Å². The van der Waals surface area contributed by atoms with Crippen LogP contribution in [-0.2, 0) is 0 Å². The van der Waals surface area contributed by atoms with Crippen LogP contribution in [0.5, 0.6) is 0 Å². The lowest BCUT2D eigenvalue weighted by atomic mass is 10.1. The fourth-order valence-electron chi connectivity index (χ4n) is 1.71. The first-order valence-electron chi connectivity index (χ1n) is 5.63. The van der Waals surface area contributed by atoms with Crippen LogP contribution in [-0.4, -0.2) is 11.1 Å². The summed E-state index contributed by atoms with van der Waals surface area (Å²) in [4.78, 5) is 11.0. The molecule has 0 aliphatic carbocycles. The number of aromatic carboxylic acids is 1. The number of nitrogen functional groups attached to an aromatic ring is 1. The minimum atomic E-state index is -0.976. The Hall–Kier alpha value is -2.01. The number of hydrogen-bond donors (Lipinski definition) is 3. The molecule has 2 rings (SSSR count). The monoisotopic (exact) mass is 320 g/mol. The standard InChI is InChI=1S/C14H13BrN2O2/c1-8-6-10(15)3-5-12(8)17-13-7-9(14(18)19)2-4-11(13)16/h2-7,17H,16H2,1H3,(H,18,19). The highest BCUT2D eigenvalue weighted by Crippen LogP contribution is 2.28. The van der Waals surface area contributed by atoms with Crippen molar-refractivity contribution in [3.63, 3.8) is 0 Å². The van der Waals surface area contributed by atoms with E-state index in [1.165, 1.54) is 12.1 Å². The first kappa shape index (κ1) is 13.4. The summed E-state index contributed by atoms with van der Waals surface area (Å²) in [5.41, 5.74) is 9.07. The van der Waals surface area contributed by atoms with Gasteiger partial charge >= 0.3 is 5.97 Å². The SMILES string of the molecule is Cc1cc(Br)ccc1Nc1cc(C(=O)O)ccc1N. The number of nitrogens with two attached hydrogens (primary N) is 1. The number of hydrogen-bond acceptors (Lipinski definition) is 3. The van der Waals surface area contributed by atoms with Crippen molar-refractivity contribution in [1.82, 2.24) is 0 Å². The fraction of sp³-hybridized carbons (Fsp3) is 0.0714. The van der Waals surface area contributed by atoms with Crippen LogP contribution in [0, 0.1) is 6.92 Å². The summed E-state index contributed by atoms with van der Waals surface area (Å²) in [6.45, 7) is 1.96. The van der Waals surface area contributed by atoms with Crippen molar-refractivity contribution < 1.29 is 9.90 Å². The van der Waals surface area contributed by atoms with Crippen molar-refractivity contribution in [3.05, 3.63) is 52.0 Å². The number of carbonyl (C=O) groups is 1. The minimum absolute atomic E-state index is 0.200. The second kappa shape index (κ2) is 5.32. The molecule has 0 saturated carbocycles. The minimum Gasteiger partial charge on any atom is -0.478 e. The van der Waals surface area contributed by atoms with Crippen molar-refractivity contribution in [2.75, 3.05) is 11.1 Å². The highest BCUT2D eigenvalue weighted by molar-refractivity contribution is 9.10. The quantitative estimate of drug-likeness (QED) is 0.752. The van der Waals surface area contributed by atoms with Gasteiger partial charge < -0.3 is 16.2 Å². The third kappa shape index (κ3) is 3.06. The fourth-order valence-corrected chi connectivity index (χ4v) is 2.19. The Morgan fingerprint density at radius 2 is 1.95 bits per heavy atom. The van der Waals surface area contributed by atoms with Crippen molar-refractivity contribution in [2.24, 2.45) is 0 Å². The lowest BCUT2D eigenvalue weighted by molar-refractivity contribution is 0.0697. The van der Waals surface area contributed by atoms with Gasteiger partial charge in [-0.25, -0.2) is 4.79 Å². The molecule has 0 bridgehead atoms. The predicted octanol–water partition coefficient (Wildman–Crippen LogP) is 3.78. The van der Waals surface area contributed by atoms with Gasteiger partial charge in [0.15, 0.2) is 0 Å². The molecule has 0 spiro atoms. The zero-order chi connectivity index (χ0) is 14.0. The molecule has 0 fully saturated rings. The van der Waals surface area contributed by atoms with Crippen LogP contribution < -0.4 is 11.1 Å². The molecule has 4 N–H and O–H groups in total. The van der Waals surface area contributed by atoms with Crippen molar-refractivity contribution in [3.8, 4) is 0 Å². The number of aryl methyl sites for hydroxylation is 1. The molecule has 4 nitrogen and oxygen atoms in total. The molecule has 0 unspecified atom stereocenters. The third-order valence-corrected chi connectivity index (χ3v) is 3.25. The molecule has 2 aromatic rings. The zero-order valence-corrected chi connectivity index (χ0v) is 11.9. The molecular formula is C14H13BrN2O2. The van der Waals surface area contributed by atoms with E-state index in [0.717, 1.165) is 15.7 Å². The van der Waals surface area contributed by atoms with E-state index in [1.54, 1.807) is 6.07 Å². The van der Waals surface area contributed by atoms with Gasteiger partial charge in [-0.1, -0.05) is 15.9 Å². The van der Waals surface area contributed by atoms with E-state index in [2.05, 4.69) is 21.2 Å². The summed E-state index contributed by atoms with van der Waals surface area (Å²) < 4.78 is 0.989. The average molecular weight is 321 g/mol.